The van der Waals surface area contributed by atoms with Crippen molar-refractivity contribution in [1.82, 2.24) is 20.3 Å². The van der Waals surface area contributed by atoms with Crippen LogP contribution in [0.3, 0.4) is 0 Å². The third-order valence-electron chi connectivity index (χ3n) is 5.38. The van der Waals surface area contributed by atoms with Gasteiger partial charge in [-0.1, -0.05) is 6.07 Å². The minimum atomic E-state index is -4.37. The van der Waals surface area contributed by atoms with E-state index < -0.39 is 11.7 Å². The third kappa shape index (κ3) is 5.72. The molecule has 0 atom stereocenters. The van der Waals surface area contributed by atoms with E-state index in [9.17, 15) is 18.0 Å². The summed E-state index contributed by atoms with van der Waals surface area (Å²) in [5, 5.41) is 5.67. The third-order valence-corrected chi connectivity index (χ3v) is 5.38. The number of piperidine rings is 1. The molecule has 0 bridgehead atoms. The minimum Gasteiger partial charge on any atom is -0.490 e. The summed E-state index contributed by atoms with van der Waals surface area (Å²) in [6, 6.07) is 11.7. The van der Waals surface area contributed by atoms with Gasteiger partial charge < -0.3 is 20.3 Å². The molecule has 2 N–H and O–H groups in total. The van der Waals surface area contributed by atoms with Crippen LogP contribution >= 0.6 is 0 Å². The quantitative estimate of drug-likeness (QED) is 0.559. The molecule has 34 heavy (non-hydrogen) atoms. The van der Waals surface area contributed by atoms with E-state index in [4.69, 9.17) is 4.74 Å². The largest absolute Gasteiger partial charge is 0.490 e. The first kappa shape index (κ1) is 23.3. The number of amides is 1. The van der Waals surface area contributed by atoms with Crippen molar-refractivity contribution in [3.63, 3.8) is 0 Å². The Morgan fingerprint density at radius 1 is 1.09 bits per heavy atom. The van der Waals surface area contributed by atoms with Gasteiger partial charge in [-0.25, -0.2) is 9.97 Å². The normalized spacial score (nSPS) is 14.5. The Balaban J connectivity index is 1.34. The van der Waals surface area contributed by atoms with E-state index in [0.717, 1.165) is 12.1 Å². The van der Waals surface area contributed by atoms with Gasteiger partial charge >= 0.3 is 6.18 Å². The van der Waals surface area contributed by atoms with E-state index in [1.807, 2.05) is 4.90 Å². The molecule has 1 saturated heterocycles. The fourth-order valence-electron chi connectivity index (χ4n) is 3.60. The van der Waals surface area contributed by atoms with E-state index in [0.29, 0.717) is 54.8 Å². The molecule has 2 aromatic carbocycles. The van der Waals surface area contributed by atoms with Gasteiger partial charge in [-0.3, -0.25) is 4.79 Å². The summed E-state index contributed by atoms with van der Waals surface area (Å²) in [6.07, 6.45) is -1.72. The SMILES string of the molecule is CNC(=O)c1cccc(Nc2ncnc(N3CCC(Oc4ccc(C(F)(F)F)cc4)CC3)n2)c1. The molecule has 11 heteroatoms. The van der Waals surface area contributed by atoms with Crippen LogP contribution in [0.5, 0.6) is 5.75 Å². The Bertz CT molecular complexity index is 1130. The van der Waals surface area contributed by atoms with Crippen LogP contribution in [0.2, 0.25) is 0 Å². The topological polar surface area (TPSA) is 92.3 Å². The molecule has 0 spiro atoms. The number of hydrogen-bond donors (Lipinski definition) is 2. The Kier molecular flexibility index (Phi) is 6.80. The number of alkyl halides is 3. The van der Waals surface area contributed by atoms with E-state index in [1.165, 1.54) is 18.5 Å². The van der Waals surface area contributed by atoms with E-state index >= 15 is 0 Å². The highest BCUT2D eigenvalue weighted by Crippen LogP contribution is 2.31. The van der Waals surface area contributed by atoms with Gasteiger partial charge in [0.05, 0.1) is 5.56 Å². The molecule has 1 aliphatic heterocycles. The molecule has 1 fully saturated rings. The molecule has 178 valence electrons. The molecule has 3 aromatic rings. The van der Waals surface area contributed by atoms with Gasteiger partial charge in [0.15, 0.2) is 0 Å². The Hall–Kier alpha value is -3.89. The molecule has 0 saturated carbocycles. The van der Waals surface area contributed by atoms with Crippen molar-refractivity contribution >= 4 is 23.5 Å². The average molecular weight is 472 g/mol. The first-order valence-corrected chi connectivity index (χ1v) is 10.7. The molecular formula is C23H23F3N6O2. The monoisotopic (exact) mass is 472 g/mol. The molecule has 1 aromatic heterocycles. The number of nitrogens with one attached hydrogen (secondary N) is 2. The lowest BCUT2D eigenvalue weighted by Gasteiger charge is -2.32. The smallest absolute Gasteiger partial charge is 0.416 e. The van der Waals surface area contributed by atoms with Crippen molar-refractivity contribution in [1.29, 1.82) is 0 Å². The van der Waals surface area contributed by atoms with Crippen LogP contribution in [-0.4, -0.2) is 47.1 Å². The second-order valence-electron chi connectivity index (χ2n) is 7.72. The number of aromatic nitrogens is 3. The molecule has 1 aliphatic rings. The highest BCUT2D eigenvalue weighted by Gasteiger charge is 2.30. The highest BCUT2D eigenvalue weighted by atomic mass is 19.4. The summed E-state index contributed by atoms with van der Waals surface area (Å²) >= 11 is 0. The zero-order valence-electron chi connectivity index (χ0n) is 18.3. The fraction of sp³-hybridized carbons (Fsp3) is 0.304. The number of halogens is 3. The second kappa shape index (κ2) is 9.94. The van der Waals surface area contributed by atoms with E-state index in [-0.39, 0.29) is 12.0 Å². The van der Waals surface area contributed by atoms with Crippen molar-refractivity contribution in [3.05, 3.63) is 66.0 Å². The number of benzene rings is 2. The van der Waals surface area contributed by atoms with Gasteiger partial charge in [-0.2, -0.15) is 18.2 Å². The number of carbonyl (C=O) groups excluding carboxylic acids is 1. The first-order valence-electron chi connectivity index (χ1n) is 10.7. The number of hydrogen-bond acceptors (Lipinski definition) is 7. The van der Waals surface area contributed by atoms with Gasteiger partial charge in [-0.05, 0) is 42.5 Å². The molecule has 1 amide bonds. The first-order chi connectivity index (χ1) is 16.3. The van der Waals surface area contributed by atoms with Crippen molar-refractivity contribution in [3.8, 4) is 5.75 Å². The predicted molar refractivity (Wildman–Crippen MR) is 120 cm³/mol. The second-order valence-corrected chi connectivity index (χ2v) is 7.72. The van der Waals surface area contributed by atoms with Crippen molar-refractivity contribution < 1.29 is 22.7 Å². The van der Waals surface area contributed by atoms with Crippen molar-refractivity contribution in [2.45, 2.75) is 25.1 Å². The maximum atomic E-state index is 12.7. The number of ether oxygens (including phenoxy) is 1. The Labute approximate surface area is 194 Å². The number of anilines is 3. The van der Waals surface area contributed by atoms with Crippen LogP contribution in [-0.2, 0) is 6.18 Å². The summed E-state index contributed by atoms with van der Waals surface area (Å²) in [5.41, 5.74) is 0.480. The highest BCUT2D eigenvalue weighted by molar-refractivity contribution is 5.95. The zero-order valence-corrected chi connectivity index (χ0v) is 18.3. The van der Waals surface area contributed by atoms with Crippen LogP contribution < -0.4 is 20.3 Å². The summed E-state index contributed by atoms with van der Waals surface area (Å²) in [4.78, 5) is 26.7. The minimum absolute atomic E-state index is 0.111. The summed E-state index contributed by atoms with van der Waals surface area (Å²) < 4.78 is 44.0. The molecular weight excluding hydrogens is 449 g/mol. The van der Waals surface area contributed by atoms with E-state index in [1.54, 1.807) is 31.3 Å². The maximum Gasteiger partial charge on any atom is 0.416 e. The molecule has 2 heterocycles. The van der Waals surface area contributed by atoms with E-state index in [2.05, 4.69) is 25.6 Å². The van der Waals surface area contributed by atoms with Gasteiger partial charge in [0, 0.05) is 44.2 Å². The lowest BCUT2D eigenvalue weighted by Crippen LogP contribution is -2.39. The van der Waals surface area contributed by atoms with Crippen LogP contribution in [0, 0.1) is 0 Å². The molecule has 0 unspecified atom stereocenters. The Morgan fingerprint density at radius 3 is 2.50 bits per heavy atom. The molecule has 4 rings (SSSR count). The molecule has 0 radical (unpaired) electrons. The number of carbonyl (C=O) groups is 1. The zero-order chi connectivity index (χ0) is 24.1. The van der Waals surface area contributed by atoms with Crippen LogP contribution in [0.15, 0.2) is 54.9 Å². The predicted octanol–water partition coefficient (Wildman–Crippen LogP) is 4.04. The van der Waals surface area contributed by atoms with Crippen LogP contribution in [0.4, 0.5) is 30.8 Å². The van der Waals surface area contributed by atoms with Gasteiger partial charge in [0.2, 0.25) is 11.9 Å². The molecule has 0 aliphatic carbocycles. The summed E-state index contributed by atoms with van der Waals surface area (Å²) in [7, 11) is 1.57. The van der Waals surface area contributed by atoms with Crippen LogP contribution in [0.1, 0.15) is 28.8 Å². The van der Waals surface area contributed by atoms with Crippen molar-refractivity contribution in [2.75, 3.05) is 30.4 Å². The summed E-state index contributed by atoms with van der Waals surface area (Å²) in [6.45, 7) is 1.25. The number of nitrogens with zero attached hydrogens (tertiary/aromatic N) is 4. The maximum absolute atomic E-state index is 12.7. The fourth-order valence-corrected chi connectivity index (χ4v) is 3.60. The standard InChI is InChI=1S/C23H23F3N6O2/c1-27-20(33)15-3-2-4-17(13-15)30-21-28-14-29-22(31-21)32-11-9-19(10-12-32)34-18-7-5-16(6-8-18)23(24,25)26/h2-8,13-14,19H,9-12H2,1H3,(H,27,33)(H,28,29,30,31). The van der Waals surface area contributed by atoms with Crippen molar-refractivity contribution in [2.24, 2.45) is 0 Å². The summed E-state index contributed by atoms with van der Waals surface area (Å²) in [5.74, 6) is 1.08. The Morgan fingerprint density at radius 2 is 1.82 bits per heavy atom. The lowest BCUT2D eigenvalue weighted by atomic mass is 10.1. The molecule has 8 nitrogen and oxygen atoms in total. The van der Waals surface area contributed by atoms with Crippen LogP contribution in [0.25, 0.3) is 0 Å². The van der Waals surface area contributed by atoms with Gasteiger partial charge in [-0.15, -0.1) is 0 Å². The van der Waals surface area contributed by atoms with Gasteiger partial charge in [0.1, 0.15) is 18.2 Å². The van der Waals surface area contributed by atoms with Gasteiger partial charge in [0.25, 0.3) is 5.91 Å². The average Bonchev–Trinajstić information content (AvgIpc) is 2.84. The lowest BCUT2D eigenvalue weighted by molar-refractivity contribution is -0.137. The number of rotatable bonds is 6.